The van der Waals surface area contributed by atoms with E-state index in [1.54, 1.807) is 24.5 Å². The molecule has 0 bridgehead atoms. The number of carbonyl (C=O) groups excluding carboxylic acids is 1. The first-order valence-electron chi connectivity index (χ1n) is 7.26. The molecule has 0 N–H and O–H groups in total. The molecule has 1 aliphatic rings. The van der Waals surface area contributed by atoms with E-state index in [1.165, 1.54) is 6.42 Å². The molecule has 0 atom stereocenters. The van der Waals surface area contributed by atoms with Crippen molar-refractivity contribution in [3.05, 3.63) is 33.2 Å². The molecule has 1 aliphatic carbocycles. The van der Waals surface area contributed by atoms with Gasteiger partial charge in [-0.1, -0.05) is 13.3 Å². The van der Waals surface area contributed by atoms with Crippen molar-refractivity contribution in [1.82, 2.24) is 4.57 Å². The largest absolute Gasteiger partial charge is 0.462 e. The van der Waals surface area contributed by atoms with Gasteiger partial charge < -0.3 is 9.30 Å². The highest BCUT2D eigenvalue weighted by atomic mass is 16.5. The summed E-state index contributed by atoms with van der Waals surface area (Å²) in [6, 6.07) is 1.54. The van der Waals surface area contributed by atoms with Gasteiger partial charge in [0, 0.05) is 18.3 Å². The van der Waals surface area contributed by atoms with Gasteiger partial charge in [-0.3, -0.25) is 4.79 Å². The summed E-state index contributed by atoms with van der Waals surface area (Å²) in [7, 11) is 0. The van der Waals surface area contributed by atoms with Gasteiger partial charge in [0.25, 0.3) is 5.56 Å². The number of hydrogen-bond donors (Lipinski definition) is 0. The van der Waals surface area contributed by atoms with Gasteiger partial charge in [0.1, 0.15) is 0 Å². The predicted molar refractivity (Wildman–Crippen MR) is 78.1 cm³/mol. The topological polar surface area (TPSA) is 48.3 Å². The number of pyridine rings is 1. The maximum atomic E-state index is 12.2. The molecule has 1 saturated carbocycles. The molecular formula is C16H23NO3. The Hall–Kier alpha value is -1.58. The maximum Gasteiger partial charge on any atom is 0.340 e. The van der Waals surface area contributed by atoms with Gasteiger partial charge in [0.05, 0.1) is 12.2 Å². The molecule has 1 fully saturated rings. The van der Waals surface area contributed by atoms with Crippen molar-refractivity contribution in [1.29, 1.82) is 0 Å². The van der Waals surface area contributed by atoms with Crippen LogP contribution in [0.5, 0.6) is 0 Å². The lowest BCUT2D eigenvalue weighted by atomic mass is 9.70. The third-order valence-electron chi connectivity index (χ3n) is 4.35. The summed E-state index contributed by atoms with van der Waals surface area (Å²) in [4.78, 5) is 24.3. The number of aryl methyl sites for hydroxylation is 1. The summed E-state index contributed by atoms with van der Waals surface area (Å²) in [5, 5.41) is 0. The van der Waals surface area contributed by atoms with Crippen LogP contribution in [-0.2, 0) is 11.3 Å². The minimum atomic E-state index is -0.338. The molecule has 1 heterocycles. The van der Waals surface area contributed by atoms with E-state index in [0.29, 0.717) is 24.3 Å². The van der Waals surface area contributed by atoms with E-state index in [0.717, 1.165) is 18.5 Å². The number of esters is 1. The first-order valence-corrected chi connectivity index (χ1v) is 7.26. The van der Waals surface area contributed by atoms with Gasteiger partial charge in [-0.05, 0) is 44.6 Å². The SMILES string of the molecule is CCOC(=O)c1c(C)cc(=O)n(CC2(C)CCC2)c1C. The minimum Gasteiger partial charge on any atom is -0.462 e. The van der Waals surface area contributed by atoms with E-state index in [1.807, 2.05) is 6.92 Å². The molecule has 0 aromatic carbocycles. The molecule has 1 aromatic heterocycles. The van der Waals surface area contributed by atoms with Crippen LogP contribution in [0, 0.1) is 19.3 Å². The molecule has 20 heavy (non-hydrogen) atoms. The Morgan fingerprint density at radius 1 is 1.40 bits per heavy atom. The number of nitrogens with zero attached hydrogens (tertiary/aromatic N) is 1. The Morgan fingerprint density at radius 3 is 2.55 bits per heavy atom. The molecule has 110 valence electrons. The van der Waals surface area contributed by atoms with Crippen LogP contribution >= 0.6 is 0 Å². The first kappa shape index (κ1) is 14.8. The number of carbonyl (C=O) groups is 1. The van der Waals surface area contributed by atoms with Gasteiger partial charge in [0.2, 0.25) is 0 Å². The number of ether oxygens (including phenoxy) is 1. The smallest absolute Gasteiger partial charge is 0.340 e. The monoisotopic (exact) mass is 277 g/mol. The number of rotatable bonds is 4. The Bertz CT molecular complexity index is 582. The highest BCUT2D eigenvalue weighted by Crippen LogP contribution is 2.41. The quantitative estimate of drug-likeness (QED) is 0.795. The minimum absolute atomic E-state index is 0.0267. The van der Waals surface area contributed by atoms with Gasteiger partial charge in [0.15, 0.2) is 0 Å². The Kier molecular flexibility index (Phi) is 4.02. The van der Waals surface area contributed by atoms with Crippen LogP contribution in [0.1, 0.15) is 54.7 Å². The molecule has 2 rings (SSSR count). The average Bonchev–Trinajstić information content (AvgIpc) is 2.32. The Morgan fingerprint density at radius 2 is 2.05 bits per heavy atom. The van der Waals surface area contributed by atoms with E-state index in [-0.39, 0.29) is 16.9 Å². The Balaban J connectivity index is 2.44. The second-order valence-electron chi connectivity index (χ2n) is 6.10. The fraction of sp³-hybridized carbons (Fsp3) is 0.625. The molecule has 0 unspecified atom stereocenters. The molecular weight excluding hydrogens is 254 g/mol. The summed E-state index contributed by atoms with van der Waals surface area (Å²) in [6.07, 6.45) is 3.50. The van der Waals surface area contributed by atoms with Gasteiger partial charge in [-0.25, -0.2) is 4.79 Å². The van der Waals surface area contributed by atoms with Crippen molar-refractivity contribution in [2.75, 3.05) is 6.61 Å². The zero-order valence-corrected chi connectivity index (χ0v) is 12.8. The van der Waals surface area contributed by atoms with Gasteiger partial charge >= 0.3 is 5.97 Å². The van der Waals surface area contributed by atoms with Crippen molar-refractivity contribution >= 4 is 5.97 Å². The first-order chi connectivity index (χ1) is 9.38. The van der Waals surface area contributed by atoms with Crippen LogP contribution in [0.2, 0.25) is 0 Å². The van der Waals surface area contributed by atoms with E-state index in [2.05, 4.69) is 6.92 Å². The van der Waals surface area contributed by atoms with Crippen LogP contribution in [0.15, 0.2) is 10.9 Å². The molecule has 0 spiro atoms. The molecule has 4 heteroatoms. The lowest BCUT2D eigenvalue weighted by Crippen LogP contribution is -2.37. The van der Waals surface area contributed by atoms with Crippen molar-refractivity contribution in [3.8, 4) is 0 Å². The third-order valence-corrected chi connectivity index (χ3v) is 4.35. The number of aromatic nitrogens is 1. The second-order valence-corrected chi connectivity index (χ2v) is 6.10. The second kappa shape index (κ2) is 5.43. The fourth-order valence-corrected chi connectivity index (χ4v) is 2.95. The summed E-state index contributed by atoms with van der Waals surface area (Å²) >= 11 is 0. The lowest BCUT2D eigenvalue weighted by Gasteiger charge is -2.39. The van der Waals surface area contributed by atoms with Crippen LogP contribution in [0.4, 0.5) is 0 Å². The predicted octanol–water partition coefficient (Wildman–Crippen LogP) is 2.83. The van der Waals surface area contributed by atoms with E-state index in [4.69, 9.17) is 4.74 Å². The van der Waals surface area contributed by atoms with E-state index >= 15 is 0 Å². The summed E-state index contributed by atoms with van der Waals surface area (Å²) in [5.74, 6) is -0.338. The van der Waals surface area contributed by atoms with E-state index < -0.39 is 0 Å². The van der Waals surface area contributed by atoms with Crippen molar-refractivity contribution in [3.63, 3.8) is 0 Å². The Labute approximate surface area is 119 Å². The average molecular weight is 277 g/mol. The standard InChI is InChI=1S/C16H23NO3/c1-5-20-15(19)14-11(2)9-13(18)17(12(14)3)10-16(4)7-6-8-16/h9H,5-8,10H2,1-4H3. The molecule has 0 saturated heterocycles. The molecule has 0 amide bonds. The van der Waals surface area contributed by atoms with Crippen LogP contribution < -0.4 is 5.56 Å². The number of hydrogen-bond acceptors (Lipinski definition) is 3. The van der Waals surface area contributed by atoms with Crippen LogP contribution in [0.3, 0.4) is 0 Å². The fourth-order valence-electron chi connectivity index (χ4n) is 2.95. The van der Waals surface area contributed by atoms with Crippen LogP contribution in [0.25, 0.3) is 0 Å². The third kappa shape index (κ3) is 2.65. The zero-order chi connectivity index (χ0) is 14.9. The van der Waals surface area contributed by atoms with Crippen molar-refractivity contribution < 1.29 is 9.53 Å². The van der Waals surface area contributed by atoms with Crippen LogP contribution in [-0.4, -0.2) is 17.1 Å². The molecule has 0 aliphatic heterocycles. The molecule has 4 nitrogen and oxygen atoms in total. The summed E-state index contributed by atoms with van der Waals surface area (Å²) in [6.45, 7) is 8.64. The molecule has 1 aromatic rings. The van der Waals surface area contributed by atoms with Crippen molar-refractivity contribution in [2.45, 2.75) is 53.5 Å². The maximum absolute atomic E-state index is 12.2. The summed E-state index contributed by atoms with van der Waals surface area (Å²) in [5.41, 5.74) is 2.12. The van der Waals surface area contributed by atoms with Gasteiger partial charge in [-0.2, -0.15) is 0 Å². The molecule has 0 radical (unpaired) electrons. The summed E-state index contributed by atoms with van der Waals surface area (Å²) < 4.78 is 6.84. The normalized spacial score (nSPS) is 16.6. The van der Waals surface area contributed by atoms with Crippen molar-refractivity contribution in [2.24, 2.45) is 5.41 Å². The zero-order valence-electron chi connectivity index (χ0n) is 12.8. The van der Waals surface area contributed by atoms with E-state index in [9.17, 15) is 9.59 Å². The highest BCUT2D eigenvalue weighted by Gasteiger charge is 2.33. The lowest BCUT2D eigenvalue weighted by molar-refractivity contribution is 0.0521. The highest BCUT2D eigenvalue weighted by molar-refractivity contribution is 5.92. The van der Waals surface area contributed by atoms with Gasteiger partial charge in [-0.15, -0.1) is 0 Å².